The molecule has 0 aromatic heterocycles. The minimum absolute atomic E-state index is 0.312. The molecule has 110 valence electrons. The number of phenols is 1. The number of hydrogen-bond acceptors (Lipinski definition) is 4. The number of rotatable bonds is 2. The summed E-state index contributed by atoms with van der Waals surface area (Å²) in [5.74, 6) is -0.733. The second-order valence-corrected chi connectivity index (χ2v) is 5.14. The minimum atomic E-state index is -0.681. The number of carbonyl (C=O) groups excluding carboxylic acids is 1. The highest BCUT2D eigenvalue weighted by atomic mass is 35.5. The van der Waals surface area contributed by atoms with Crippen LogP contribution in [0.25, 0.3) is 11.6 Å². The van der Waals surface area contributed by atoms with E-state index in [4.69, 9.17) is 11.6 Å². The van der Waals surface area contributed by atoms with Crippen LogP contribution in [-0.4, -0.2) is 15.9 Å². The van der Waals surface area contributed by atoms with Gasteiger partial charge >= 0.3 is 5.69 Å². The van der Waals surface area contributed by atoms with Gasteiger partial charge in [0, 0.05) is 22.2 Å². The van der Waals surface area contributed by atoms with Gasteiger partial charge in [0.25, 0.3) is 5.91 Å². The molecule has 1 amide bonds. The molecule has 22 heavy (non-hydrogen) atoms. The molecule has 1 aliphatic rings. The highest BCUT2D eigenvalue weighted by Gasteiger charge is 2.24. The van der Waals surface area contributed by atoms with Crippen LogP contribution in [0.15, 0.2) is 36.4 Å². The summed E-state index contributed by atoms with van der Waals surface area (Å²) in [6, 6.07) is 8.93. The zero-order valence-electron chi connectivity index (χ0n) is 11.0. The molecule has 1 heterocycles. The summed E-state index contributed by atoms with van der Waals surface area (Å²) in [5.41, 5.74) is 1.68. The Kier molecular flexibility index (Phi) is 3.30. The molecule has 2 aromatic rings. The van der Waals surface area contributed by atoms with Gasteiger partial charge in [0.05, 0.1) is 10.6 Å². The van der Waals surface area contributed by atoms with Crippen LogP contribution in [-0.2, 0) is 4.79 Å². The predicted molar refractivity (Wildman–Crippen MR) is 82.7 cm³/mol. The monoisotopic (exact) mass is 316 g/mol. The van der Waals surface area contributed by atoms with E-state index in [0.717, 1.165) is 0 Å². The van der Waals surface area contributed by atoms with Crippen LogP contribution < -0.4 is 5.32 Å². The lowest BCUT2D eigenvalue weighted by molar-refractivity contribution is -0.385. The molecule has 6 nitrogen and oxygen atoms in total. The second-order valence-electron chi connectivity index (χ2n) is 4.71. The van der Waals surface area contributed by atoms with E-state index in [1.807, 2.05) is 0 Å². The summed E-state index contributed by atoms with van der Waals surface area (Å²) in [7, 11) is 0. The lowest BCUT2D eigenvalue weighted by Gasteiger charge is -2.01. The number of aromatic hydroxyl groups is 1. The van der Waals surface area contributed by atoms with Crippen LogP contribution >= 0.6 is 11.6 Å². The van der Waals surface area contributed by atoms with Gasteiger partial charge in [-0.25, -0.2) is 0 Å². The Labute approximate surface area is 129 Å². The van der Waals surface area contributed by atoms with E-state index in [1.165, 1.54) is 24.3 Å². The van der Waals surface area contributed by atoms with E-state index in [2.05, 4.69) is 5.32 Å². The van der Waals surface area contributed by atoms with Crippen LogP contribution in [0.3, 0.4) is 0 Å². The number of halogens is 1. The molecule has 0 bridgehead atoms. The largest absolute Gasteiger partial charge is 0.502 e. The first-order valence-corrected chi connectivity index (χ1v) is 6.64. The molecule has 0 atom stereocenters. The third kappa shape index (κ3) is 2.40. The first-order valence-electron chi connectivity index (χ1n) is 6.26. The molecule has 0 saturated carbocycles. The molecule has 0 saturated heterocycles. The Balaban J connectivity index is 2.09. The van der Waals surface area contributed by atoms with E-state index >= 15 is 0 Å². The molecular weight excluding hydrogens is 308 g/mol. The first-order chi connectivity index (χ1) is 10.5. The average molecular weight is 317 g/mol. The fourth-order valence-corrected chi connectivity index (χ4v) is 2.43. The Morgan fingerprint density at radius 1 is 1.23 bits per heavy atom. The quantitative estimate of drug-likeness (QED) is 0.504. The van der Waals surface area contributed by atoms with Crippen LogP contribution in [0.2, 0.25) is 5.02 Å². The van der Waals surface area contributed by atoms with E-state index in [1.54, 1.807) is 18.2 Å². The molecular formula is C15H9ClN2O4. The van der Waals surface area contributed by atoms with Crippen molar-refractivity contribution in [3.8, 4) is 5.75 Å². The minimum Gasteiger partial charge on any atom is -0.502 e. The Hall–Kier alpha value is -2.86. The van der Waals surface area contributed by atoms with Gasteiger partial charge in [0.1, 0.15) is 0 Å². The van der Waals surface area contributed by atoms with Gasteiger partial charge in [-0.1, -0.05) is 23.7 Å². The van der Waals surface area contributed by atoms with Crippen LogP contribution in [0.1, 0.15) is 11.1 Å². The van der Waals surface area contributed by atoms with Crippen molar-refractivity contribution in [1.29, 1.82) is 0 Å². The SMILES string of the molecule is O=C1Nc2cc(Cl)ccc2/C1=C\c1ccc(O)c([N+](=O)[O-])c1. The summed E-state index contributed by atoms with van der Waals surface area (Å²) in [5, 5.41) is 23.5. The first kappa shape index (κ1) is 14.1. The lowest BCUT2D eigenvalue weighted by Crippen LogP contribution is -2.03. The summed E-state index contributed by atoms with van der Waals surface area (Å²) >= 11 is 5.88. The molecule has 0 unspecified atom stereocenters. The summed E-state index contributed by atoms with van der Waals surface area (Å²) in [6.45, 7) is 0. The highest BCUT2D eigenvalue weighted by molar-refractivity contribution is 6.36. The molecule has 0 fully saturated rings. The van der Waals surface area contributed by atoms with Crippen LogP contribution in [0, 0.1) is 10.1 Å². The number of benzene rings is 2. The number of nitrogens with zero attached hydrogens (tertiary/aromatic N) is 1. The molecule has 7 heteroatoms. The fraction of sp³-hybridized carbons (Fsp3) is 0. The third-order valence-corrected chi connectivity index (χ3v) is 3.51. The maximum absolute atomic E-state index is 12.0. The number of anilines is 1. The third-order valence-electron chi connectivity index (χ3n) is 3.27. The molecule has 2 N–H and O–H groups in total. The van der Waals surface area contributed by atoms with Crippen molar-refractivity contribution in [2.45, 2.75) is 0 Å². The summed E-state index contributed by atoms with van der Waals surface area (Å²) in [4.78, 5) is 22.2. The van der Waals surface area contributed by atoms with Gasteiger partial charge in [-0.05, 0) is 29.8 Å². The standard InChI is InChI=1S/C15H9ClN2O4/c16-9-2-3-10-11(15(20)17-12(10)7-9)5-8-1-4-14(19)13(6-8)18(21)22/h1-7,19H,(H,17,20)/b11-5+. The Morgan fingerprint density at radius 3 is 2.73 bits per heavy atom. The highest BCUT2D eigenvalue weighted by Crippen LogP contribution is 2.36. The number of phenolic OH excluding ortho intramolecular Hbond substituents is 1. The normalized spacial score (nSPS) is 14.8. The van der Waals surface area contributed by atoms with E-state index in [-0.39, 0.29) is 5.91 Å². The molecule has 3 rings (SSSR count). The van der Waals surface area contributed by atoms with Gasteiger partial charge in [-0.3, -0.25) is 14.9 Å². The van der Waals surface area contributed by atoms with Gasteiger partial charge in [-0.2, -0.15) is 0 Å². The molecule has 0 aliphatic carbocycles. The van der Waals surface area contributed by atoms with Crippen molar-refractivity contribution >= 4 is 40.5 Å². The second kappa shape index (κ2) is 5.16. The maximum atomic E-state index is 12.0. The molecule has 2 aromatic carbocycles. The Morgan fingerprint density at radius 2 is 2.00 bits per heavy atom. The summed E-state index contributed by atoms with van der Waals surface area (Å²) in [6.07, 6.45) is 1.53. The number of nitrogens with one attached hydrogen (secondary N) is 1. The van der Waals surface area contributed by atoms with Gasteiger partial charge in [0.15, 0.2) is 5.75 Å². The van der Waals surface area contributed by atoms with Crippen LogP contribution in [0.4, 0.5) is 11.4 Å². The number of carbonyl (C=O) groups is 1. The van der Waals surface area contributed by atoms with Gasteiger partial charge in [-0.15, -0.1) is 0 Å². The van der Waals surface area contributed by atoms with Crippen molar-refractivity contribution < 1.29 is 14.8 Å². The van der Waals surface area contributed by atoms with Crippen molar-refractivity contribution in [3.05, 3.63) is 62.7 Å². The van der Waals surface area contributed by atoms with Crippen LogP contribution in [0.5, 0.6) is 5.75 Å². The van der Waals surface area contributed by atoms with Gasteiger partial charge < -0.3 is 10.4 Å². The topological polar surface area (TPSA) is 92.5 Å². The van der Waals surface area contributed by atoms with E-state index < -0.39 is 16.4 Å². The number of nitro benzene ring substituents is 1. The maximum Gasteiger partial charge on any atom is 0.311 e. The zero-order chi connectivity index (χ0) is 15.9. The summed E-state index contributed by atoms with van der Waals surface area (Å²) < 4.78 is 0. The smallest absolute Gasteiger partial charge is 0.311 e. The van der Waals surface area contributed by atoms with Crippen molar-refractivity contribution in [2.24, 2.45) is 0 Å². The fourth-order valence-electron chi connectivity index (χ4n) is 2.25. The predicted octanol–water partition coefficient (Wildman–Crippen LogP) is 3.45. The Bertz CT molecular complexity index is 845. The van der Waals surface area contributed by atoms with Gasteiger partial charge in [0.2, 0.25) is 0 Å². The van der Waals surface area contributed by atoms with E-state index in [0.29, 0.717) is 27.4 Å². The molecule has 0 spiro atoms. The van der Waals surface area contributed by atoms with E-state index in [9.17, 15) is 20.0 Å². The molecule has 1 aliphatic heterocycles. The number of fused-ring (bicyclic) bond motifs is 1. The van der Waals surface area contributed by atoms with Crippen molar-refractivity contribution in [3.63, 3.8) is 0 Å². The zero-order valence-corrected chi connectivity index (χ0v) is 11.8. The lowest BCUT2D eigenvalue weighted by atomic mass is 10.0. The van der Waals surface area contributed by atoms with Crippen molar-refractivity contribution in [2.75, 3.05) is 5.32 Å². The average Bonchev–Trinajstić information content (AvgIpc) is 2.76. The molecule has 0 radical (unpaired) electrons. The van der Waals surface area contributed by atoms with Crippen molar-refractivity contribution in [1.82, 2.24) is 0 Å². The number of nitro groups is 1. The number of amides is 1. The number of hydrogen-bond donors (Lipinski definition) is 2.